The van der Waals surface area contributed by atoms with E-state index in [1.165, 1.54) is 6.07 Å². The number of rotatable bonds is 4. The normalized spacial score (nSPS) is 16.3. The van der Waals surface area contributed by atoms with Crippen molar-refractivity contribution in [2.45, 2.75) is 17.7 Å². The first kappa shape index (κ1) is 11.3. The molecule has 0 aliphatic heterocycles. The lowest BCUT2D eigenvalue weighted by molar-refractivity contribution is 0.554. The van der Waals surface area contributed by atoms with E-state index in [4.69, 9.17) is 5.73 Å². The topological polar surface area (TPSA) is 72.2 Å². The van der Waals surface area contributed by atoms with E-state index < -0.39 is 15.8 Å². The molecule has 0 heterocycles. The Morgan fingerprint density at radius 2 is 2.12 bits per heavy atom. The van der Waals surface area contributed by atoms with Crippen molar-refractivity contribution in [3.63, 3.8) is 0 Å². The van der Waals surface area contributed by atoms with Gasteiger partial charge in [0.15, 0.2) is 0 Å². The van der Waals surface area contributed by atoms with E-state index in [-0.39, 0.29) is 10.6 Å². The highest BCUT2D eigenvalue weighted by molar-refractivity contribution is 7.89. The lowest BCUT2D eigenvalue weighted by Crippen LogP contribution is -2.26. The number of nitrogens with one attached hydrogen (secondary N) is 1. The molecule has 1 fully saturated rings. The van der Waals surface area contributed by atoms with Gasteiger partial charge in [-0.3, -0.25) is 0 Å². The summed E-state index contributed by atoms with van der Waals surface area (Å²) in [7, 11) is -3.77. The van der Waals surface area contributed by atoms with Crippen molar-refractivity contribution in [3.05, 3.63) is 24.0 Å². The zero-order valence-corrected chi connectivity index (χ0v) is 9.43. The Hall–Kier alpha value is -1.14. The lowest BCUT2D eigenvalue weighted by Gasteiger charge is -2.07. The average molecular weight is 244 g/mol. The second-order valence-corrected chi connectivity index (χ2v) is 5.72. The van der Waals surface area contributed by atoms with Gasteiger partial charge in [0.25, 0.3) is 0 Å². The monoisotopic (exact) mass is 244 g/mol. The molecule has 6 heteroatoms. The Kier molecular flexibility index (Phi) is 2.86. The van der Waals surface area contributed by atoms with Gasteiger partial charge in [0, 0.05) is 12.2 Å². The predicted molar refractivity (Wildman–Crippen MR) is 58.7 cm³/mol. The summed E-state index contributed by atoms with van der Waals surface area (Å²) in [6.07, 6.45) is 2.06. The molecule has 3 N–H and O–H groups in total. The smallest absolute Gasteiger partial charge is 0.243 e. The van der Waals surface area contributed by atoms with Crippen LogP contribution in [0.3, 0.4) is 0 Å². The fraction of sp³-hybridized carbons (Fsp3) is 0.400. The van der Waals surface area contributed by atoms with Gasteiger partial charge in [0.1, 0.15) is 10.7 Å². The fourth-order valence-corrected chi connectivity index (χ4v) is 2.58. The van der Waals surface area contributed by atoms with E-state index in [1.807, 2.05) is 0 Å². The molecule has 0 aromatic heterocycles. The number of halogens is 1. The molecule has 2 rings (SSSR count). The van der Waals surface area contributed by atoms with Crippen LogP contribution in [0.25, 0.3) is 0 Å². The summed E-state index contributed by atoms with van der Waals surface area (Å²) in [5.74, 6) is -0.378. The van der Waals surface area contributed by atoms with Crippen LogP contribution in [0.4, 0.5) is 10.1 Å². The molecule has 1 aromatic rings. The van der Waals surface area contributed by atoms with E-state index in [2.05, 4.69) is 4.72 Å². The Morgan fingerprint density at radius 1 is 1.44 bits per heavy atom. The van der Waals surface area contributed by atoms with E-state index in [9.17, 15) is 12.8 Å². The van der Waals surface area contributed by atoms with Crippen LogP contribution in [0.2, 0.25) is 0 Å². The first-order valence-electron chi connectivity index (χ1n) is 5.04. The third kappa shape index (κ3) is 2.51. The maximum absolute atomic E-state index is 13.3. The number of nitrogens with two attached hydrogens (primary N) is 1. The summed E-state index contributed by atoms with van der Waals surface area (Å²) in [6, 6.07) is 3.51. The molecule has 4 nitrogen and oxygen atoms in total. The molecule has 0 radical (unpaired) electrons. The summed E-state index contributed by atoms with van der Waals surface area (Å²) in [4.78, 5) is -0.381. The number of hydrogen-bond donors (Lipinski definition) is 2. The minimum atomic E-state index is -3.77. The summed E-state index contributed by atoms with van der Waals surface area (Å²) < 4.78 is 39.2. The molecule has 16 heavy (non-hydrogen) atoms. The number of anilines is 1. The third-order valence-electron chi connectivity index (χ3n) is 2.50. The molecule has 88 valence electrons. The molecular weight excluding hydrogens is 231 g/mol. The SMILES string of the molecule is Nc1ccc(F)c(S(=O)(=O)NCC2CC2)c1. The van der Waals surface area contributed by atoms with Crippen LogP contribution in [0.1, 0.15) is 12.8 Å². The van der Waals surface area contributed by atoms with Gasteiger partial charge in [-0.05, 0) is 37.0 Å². The summed E-state index contributed by atoms with van der Waals surface area (Å²) in [5.41, 5.74) is 5.66. The molecular formula is C10H13FN2O2S. The molecule has 0 unspecified atom stereocenters. The van der Waals surface area contributed by atoms with E-state index in [1.54, 1.807) is 0 Å². The highest BCUT2D eigenvalue weighted by atomic mass is 32.2. The Bertz CT molecular complexity index is 498. The molecule has 1 aliphatic rings. The minimum absolute atomic E-state index is 0.230. The predicted octanol–water partition coefficient (Wildman–Crippen LogP) is 1.10. The van der Waals surface area contributed by atoms with Gasteiger partial charge >= 0.3 is 0 Å². The molecule has 0 spiro atoms. The second-order valence-electron chi connectivity index (χ2n) is 3.99. The number of hydrogen-bond acceptors (Lipinski definition) is 3. The van der Waals surface area contributed by atoms with E-state index in [0.717, 1.165) is 25.0 Å². The number of nitrogen functional groups attached to an aromatic ring is 1. The first-order chi connectivity index (χ1) is 7.49. The van der Waals surface area contributed by atoms with Gasteiger partial charge in [-0.15, -0.1) is 0 Å². The minimum Gasteiger partial charge on any atom is -0.399 e. The van der Waals surface area contributed by atoms with Crippen molar-refractivity contribution in [1.82, 2.24) is 4.72 Å². The van der Waals surface area contributed by atoms with E-state index in [0.29, 0.717) is 12.5 Å². The van der Waals surface area contributed by atoms with Crippen LogP contribution in [-0.4, -0.2) is 15.0 Å². The van der Waals surface area contributed by atoms with E-state index >= 15 is 0 Å². The van der Waals surface area contributed by atoms with Crippen molar-refractivity contribution in [1.29, 1.82) is 0 Å². The maximum atomic E-state index is 13.3. The summed E-state index contributed by atoms with van der Waals surface area (Å²) in [5, 5.41) is 0. The average Bonchev–Trinajstić information content (AvgIpc) is 3.02. The van der Waals surface area contributed by atoms with Crippen LogP contribution in [-0.2, 0) is 10.0 Å². The van der Waals surface area contributed by atoms with Gasteiger partial charge in [-0.2, -0.15) is 0 Å². The molecule has 0 bridgehead atoms. The van der Waals surface area contributed by atoms with Crippen molar-refractivity contribution >= 4 is 15.7 Å². The molecule has 0 amide bonds. The van der Waals surface area contributed by atoms with Crippen LogP contribution in [0, 0.1) is 11.7 Å². The van der Waals surface area contributed by atoms with Gasteiger partial charge in [0.2, 0.25) is 10.0 Å². The van der Waals surface area contributed by atoms with Gasteiger partial charge in [0.05, 0.1) is 0 Å². The quantitative estimate of drug-likeness (QED) is 0.779. The molecule has 1 aromatic carbocycles. The van der Waals surface area contributed by atoms with Crippen molar-refractivity contribution < 1.29 is 12.8 Å². The van der Waals surface area contributed by atoms with Crippen LogP contribution >= 0.6 is 0 Å². The highest BCUT2D eigenvalue weighted by Crippen LogP contribution is 2.28. The number of sulfonamides is 1. The Morgan fingerprint density at radius 3 is 2.75 bits per heavy atom. The van der Waals surface area contributed by atoms with Crippen molar-refractivity contribution in [2.24, 2.45) is 5.92 Å². The standard InChI is InChI=1S/C10H13FN2O2S/c11-9-4-3-8(12)5-10(9)16(14,15)13-6-7-1-2-7/h3-5,7,13H,1-2,6,12H2. The van der Waals surface area contributed by atoms with Gasteiger partial charge < -0.3 is 5.73 Å². The van der Waals surface area contributed by atoms with Crippen LogP contribution in [0.15, 0.2) is 23.1 Å². The zero-order chi connectivity index (χ0) is 11.8. The van der Waals surface area contributed by atoms with Crippen LogP contribution < -0.4 is 10.5 Å². The lowest BCUT2D eigenvalue weighted by atomic mass is 10.3. The largest absolute Gasteiger partial charge is 0.399 e. The molecule has 0 saturated heterocycles. The van der Waals surface area contributed by atoms with Gasteiger partial charge in [-0.25, -0.2) is 17.5 Å². The molecule has 0 atom stereocenters. The van der Waals surface area contributed by atoms with Crippen molar-refractivity contribution in [3.8, 4) is 0 Å². The van der Waals surface area contributed by atoms with Crippen molar-refractivity contribution in [2.75, 3.05) is 12.3 Å². The maximum Gasteiger partial charge on any atom is 0.243 e. The Balaban J connectivity index is 2.22. The number of benzene rings is 1. The third-order valence-corrected chi connectivity index (χ3v) is 3.94. The summed E-state index contributed by atoms with van der Waals surface area (Å²) in [6.45, 7) is 0.372. The first-order valence-corrected chi connectivity index (χ1v) is 6.52. The van der Waals surface area contributed by atoms with Gasteiger partial charge in [-0.1, -0.05) is 0 Å². The second kappa shape index (κ2) is 4.03. The highest BCUT2D eigenvalue weighted by Gasteiger charge is 2.25. The van der Waals surface area contributed by atoms with Crippen LogP contribution in [0.5, 0.6) is 0 Å². The fourth-order valence-electron chi connectivity index (χ4n) is 1.35. The summed E-state index contributed by atoms with van der Waals surface area (Å²) >= 11 is 0. The zero-order valence-electron chi connectivity index (χ0n) is 8.61. The Labute approximate surface area is 93.7 Å². The molecule has 1 saturated carbocycles. The molecule has 1 aliphatic carbocycles.